The third-order valence-corrected chi connectivity index (χ3v) is 5.16. The Morgan fingerprint density at radius 3 is 2.62 bits per heavy atom. The molecule has 29 heavy (non-hydrogen) atoms. The molecule has 0 aliphatic carbocycles. The van der Waals surface area contributed by atoms with Crippen molar-refractivity contribution < 1.29 is 9.53 Å². The smallest absolute Gasteiger partial charge is 0.242 e. The van der Waals surface area contributed by atoms with E-state index in [1.165, 1.54) is 0 Å². The van der Waals surface area contributed by atoms with Gasteiger partial charge in [-0.25, -0.2) is 0 Å². The molecule has 1 aromatic rings. The molecule has 1 amide bonds. The van der Waals surface area contributed by atoms with Gasteiger partial charge in [0.05, 0.1) is 12.6 Å². The number of hydrogen-bond acceptors (Lipinski definition) is 4. The van der Waals surface area contributed by atoms with Gasteiger partial charge in [-0.1, -0.05) is 23.7 Å². The fourth-order valence-electron chi connectivity index (χ4n) is 3.29. The van der Waals surface area contributed by atoms with Crippen LogP contribution in [0.5, 0.6) is 0 Å². The zero-order chi connectivity index (χ0) is 21.2. The number of ether oxygens (including phenoxy) is 1. The van der Waals surface area contributed by atoms with E-state index < -0.39 is 0 Å². The standard InChI is InChI=1S/C21H34ClN5O2/c1-5-29-19(10-11-25(3)4)14-24-21(23-2)27-13-12-26(20(28)16-27)15-17-6-8-18(22)9-7-17/h6-9,19H,5,10-16H2,1-4H3,(H,23,24). The van der Waals surface area contributed by atoms with Crippen LogP contribution in [0.2, 0.25) is 5.02 Å². The second-order valence-corrected chi connectivity index (χ2v) is 7.90. The molecule has 1 aliphatic heterocycles. The van der Waals surface area contributed by atoms with E-state index in [2.05, 4.69) is 29.3 Å². The average Bonchev–Trinajstić information content (AvgIpc) is 2.70. The van der Waals surface area contributed by atoms with Gasteiger partial charge in [0, 0.05) is 51.4 Å². The fourth-order valence-corrected chi connectivity index (χ4v) is 3.41. The zero-order valence-electron chi connectivity index (χ0n) is 18.0. The van der Waals surface area contributed by atoms with Crippen molar-refractivity contribution in [3.63, 3.8) is 0 Å². The summed E-state index contributed by atoms with van der Waals surface area (Å²) in [6, 6.07) is 7.64. The lowest BCUT2D eigenvalue weighted by Crippen LogP contribution is -2.55. The lowest BCUT2D eigenvalue weighted by molar-refractivity contribution is -0.135. The van der Waals surface area contributed by atoms with Crippen LogP contribution in [0.15, 0.2) is 29.3 Å². The van der Waals surface area contributed by atoms with Gasteiger partial charge in [0.25, 0.3) is 0 Å². The third-order valence-electron chi connectivity index (χ3n) is 4.91. The van der Waals surface area contributed by atoms with Crippen LogP contribution in [-0.4, -0.2) is 93.1 Å². The molecule has 0 bridgehead atoms. The second kappa shape index (κ2) is 12.0. The van der Waals surface area contributed by atoms with E-state index in [0.29, 0.717) is 37.8 Å². The summed E-state index contributed by atoms with van der Waals surface area (Å²) in [6.45, 7) is 6.67. The monoisotopic (exact) mass is 423 g/mol. The van der Waals surface area contributed by atoms with Crippen LogP contribution >= 0.6 is 11.6 Å². The summed E-state index contributed by atoms with van der Waals surface area (Å²) in [7, 11) is 5.87. The van der Waals surface area contributed by atoms with Crippen molar-refractivity contribution in [2.24, 2.45) is 4.99 Å². The van der Waals surface area contributed by atoms with Gasteiger partial charge >= 0.3 is 0 Å². The fraction of sp³-hybridized carbons (Fsp3) is 0.619. The van der Waals surface area contributed by atoms with Gasteiger partial charge in [0.1, 0.15) is 0 Å². The van der Waals surface area contributed by atoms with E-state index in [4.69, 9.17) is 16.3 Å². The van der Waals surface area contributed by atoms with E-state index in [1.54, 1.807) is 7.05 Å². The van der Waals surface area contributed by atoms with Crippen LogP contribution in [0, 0.1) is 0 Å². The molecule has 162 valence electrons. The number of guanidine groups is 1. The minimum Gasteiger partial charge on any atom is -0.377 e. The molecule has 1 aromatic carbocycles. The first-order valence-corrected chi connectivity index (χ1v) is 10.5. The molecule has 1 fully saturated rings. The molecule has 1 atom stereocenters. The Kier molecular flexibility index (Phi) is 9.70. The van der Waals surface area contributed by atoms with Gasteiger partial charge in [0.15, 0.2) is 5.96 Å². The Bertz CT molecular complexity index is 666. The summed E-state index contributed by atoms with van der Waals surface area (Å²) in [5.41, 5.74) is 1.08. The van der Waals surface area contributed by atoms with Crippen molar-refractivity contribution in [1.29, 1.82) is 0 Å². The number of rotatable bonds is 9. The van der Waals surface area contributed by atoms with Crippen molar-refractivity contribution in [3.8, 4) is 0 Å². The van der Waals surface area contributed by atoms with Crippen molar-refractivity contribution in [2.75, 3.05) is 60.5 Å². The van der Waals surface area contributed by atoms with Gasteiger partial charge in [-0.15, -0.1) is 0 Å². The van der Waals surface area contributed by atoms with E-state index in [-0.39, 0.29) is 12.0 Å². The van der Waals surface area contributed by atoms with Crippen LogP contribution in [0.4, 0.5) is 0 Å². The zero-order valence-corrected chi connectivity index (χ0v) is 18.8. The quantitative estimate of drug-likeness (QED) is 0.485. The van der Waals surface area contributed by atoms with E-state index in [0.717, 1.165) is 31.0 Å². The number of piperazine rings is 1. The van der Waals surface area contributed by atoms with Crippen molar-refractivity contribution in [3.05, 3.63) is 34.9 Å². The molecule has 1 unspecified atom stereocenters. The maximum absolute atomic E-state index is 12.7. The van der Waals surface area contributed by atoms with E-state index in [1.807, 2.05) is 41.0 Å². The first-order chi connectivity index (χ1) is 13.9. The number of carbonyl (C=O) groups is 1. The maximum atomic E-state index is 12.7. The van der Waals surface area contributed by atoms with Crippen LogP contribution in [0.3, 0.4) is 0 Å². The molecule has 1 heterocycles. The molecule has 2 rings (SSSR count). The van der Waals surface area contributed by atoms with Gasteiger partial charge < -0.3 is 24.8 Å². The van der Waals surface area contributed by atoms with Crippen LogP contribution in [-0.2, 0) is 16.1 Å². The first-order valence-electron chi connectivity index (χ1n) is 10.2. The van der Waals surface area contributed by atoms with Gasteiger partial charge in [0.2, 0.25) is 5.91 Å². The minimum absolute atomic E-state index is 0.100. The molecule has 0 saturated carbocycles. The van der Waals surface area contributed by atoms with Crippen LogP contribution < -0.4 is 5.32 Å². The number of nitrogens with zero attached hydrogens (tertiary/aromatic N) is 4. The Hall–Kier alpha value is -1.83. The van der Waals surface area contributed by atoms with Crippen molar-refractivity contribution >= 4 is 23.5 Å². The number of amides is 1. The molecule has 1 saturated heterocycles. The van der Waals surface area contributed by atoms with E-state index >= 15 is 0 Å². The highest BCUT2D eigenvalue weighted by Crippen LogP contribution is 2.13. The van der Waals surface area contributed by atoms with Crippen molar-refractivity contribution in [2.45, 2.75) is 26.0 Å². The molecule has 7 nitrogen and oxygen atoms in total. The number of halogens is 1. The number of nitrogens with one attached hydrogen (secondary N) is 1. The van der Waals surface area contributed by atoms with Crippen LogP contribution in [0.1, 0.15) is 18.9 Å². The summed E-state index contributed by atoms with van der Waals surface area (Å²) in [6.07, 6.45) is 1.06. The molecule has 0 radical (unpaired) electrons. The predicted molar refractivity (Wildman–Crippen MR) is 118 cm³/mol. The van der Waals surface area contributed by atoms with Gasteiger partial charge in [-0.2, -0.15) is 0 Å². The summed E-state index contributed by atoms with van der Waals surface area (Å²) < 4.78 is 5.84. The van der Waals surface area contributed by atoms with Crippen LogP contribution in [0.25, 0.3) is 0 Å². The highest BCUT2D eigenvalue weighted by molar-refractivity contribution is 6.30. The highest BCUT2D eigenvalue weighted by atomic mass is 35.5. The maximum Gasteiger partial charge on any atom is 0.242 e. The largest absolute Gasteiger partial charge is 0.377 e. The topological polar surface area (TPSA) is 60.4 Å². The van der Waals surface area contributed by atoms with Gasteiger partial charge in [-0.3, -0.25) is 9.79 Å². The highest BCUT2D eigenvalue weighted by Gasteiger charge is 2.26. The van der Waals surface area contributed by atoms with E-state index in [9.17, 15) is 4.79 Å². The number of benzene rings is 1. The molecule has 0 aromatic heterocycles. The number of aliphatic imine (C=N–C) groups is 1. The summed E-state index contributed by atoms with van der Waals surface area (Å²) >= 11 is 5.94. The predicted octanol–water partition coefficient (Wildman–Crippen LogP) is 1.92. The molecule has 0 spiro atoms. The Morgan fingerprint density at radius 2 is 2.03 bits per heavy atom. The third kappa shape index (κ3) is 7.84. The molecule has 1 N–H and O–H groups in total. The minimum atomic E-state index is 0.100. The SMILES string of the molecule is CCOC(CCN(C)C)CNC(=NC)N1CCN(Cc2ccc(Cl)cc2)C(=O)C1. The lowest BCUT2D eigenvalue weighted by Gasteiger charge is -2.36. The first kappa shape index (κ1) is 23.4. The Morgan fingerprint density at radius 1 is 1.31 bits per heavy atom. The molecular weight excluding hydrogens is 390 g/mol. The Balaban J connectivity index is 1.86. The second-order valence-electron chi connectivity index (χ2n) is 7.46. The van der Waals surface area contributed by atoms with Gasteiger partial charge in [-0.05, 0) is 45.1 Å². The van der Waals surface area contributed by atoms with Crippen molar-refractivity contribution in [1.82, 2.24) is 20.0 Å². The molecule has 8 heteroatoms. The summed E-state index contributed by atoms with van der Waals surface area (Å²) in [5.74, 6) is 0.849. The summed E-state index contributed by atoms with van der Waals surface area (Å²) in [4.78, 5) is 23.1. The molecular formula is C21H34ClN5O2. The number of carbonyl (C=O) groups excluding carboxylic acids is 1. The normalized spacial score (nSPS) is 16.5. The lowest BCUT2D eigenvalue weighted by atomic mass is 10.2. The number of hydrogen-bond donors (Lipinski definition) is 1. The molecule has 1 aliphatic rings. The Labute approximate surface area is 179 Å². The summed E-state index contributed by atoms with van der Waals surface area (Å²) in [5, 5.41) is 4.09. The average molecular weight is 424 g/mol.